The van der Waals surface area contributed by atoms with Gasteiger partial charge in [0.15, 0.2) is 9.84 Å². The van der Waals surface area contributed by atoms with Crippen molar-refractivity contribution in [3.05, 3.63) is 76.7 Å². The van der Waals surface area contributed by atoms with E-state index in [1.807, 2.05) is 13.8 Å². The first kappa shape index (κ1) is 22.5. The molecule has 0 fully saturated rings. The summed E-state index contributed by atoms with van der Waals surface area (Å²) in [4.78, 5) is -0.0200. The van der Waals surface area contributed by atoms with Crippen molar-refractivity contribution in [2.75, 3.05) is 13.7 Å². The second-order valence-electron chi connectivity index (χ2n) is 6.82. The molecule has 0 unspecified atom stereocenters. The number of sulfonamides is 1. The topological polar surface area (TPSA) is 89.5 Å². The average Bonchev–Trinajstić information content (AvgIpc) is 3.26. The lowest BCUT2D eigenvalue weighted by molar-refractivity contribution is 0.402. The maximum atomic E-state index is 13.2. The van der Waals surface area contributed by atoms with E-state index in [0.717, 1.165) is 22.5 Å². The molecule has 160 valence electrons. The molecule has 0 spiro atoms. The Balaban J connectivity index is 1.98. The summed E-state index contributed by atoms with van der Waals surface area (Å²) in [6.45, 7) is 3.37. The lowest BCUT2D eigenvalue weighted by atomic mass is 10.1. The molecule has 0 saturated heterocycles. The minimum atomic E-state index is -4.01. The lowest BCUT2D eigenvalue weighted by Crippen LogP contribution is -2.32. The molecule has 6 nitrogen and oxygen atoms in total. The average molecular weight is 466 g/mol. The lowest BCUT2D eigenvalue weighted by Gasteiger charge is -2.19. The van der Waals surface area contributed by atoms with Crippen molar-refractivity contribution < 1.29 is 21.6 Å². The molecule has 0 aliphatic carbocycles. The Kier molecular flexibility index (Phi) is 6.66. The molecule has 30 heavy (non-hydrogen) atoms. The van der Waals surface area contributed by atoms with Crippen LogP contribution in [0.3, 0.4) is 0 Å². The highest BCUT2D eigenvalue weighted by atomic mass is 32.2. The first-order chi connectivity index (χ1) is 14.2. The molecule has 3 aromatic rings. The number of nitrogens with one attached hydrogen (secondary N) is 1. The maximum absolute atomic E-state index is 13.2. The van der Waals surface area contributed by atoms with Crippen molar-refractivity contribution >= 4 is 31.2 Å². The van der Waals surface area contributed by atoms with Crippen LogP contribution in [0.25, 0.3) is 0 Å². The molecule has 0 saturated carbocycles. The van der Waals surface area contributed by atoms with Gasteiger partial charge in [-0.15, -0.1) is 11.3 Å². The summed E-state index contributed by atoms with van der Waals surface area (Å²) in [5.74, 6) is 0.211. The van der Waals surface area contributed by atoms with Crippen LogP contribution in [-0.4, -0.2) is 30.5 Å². The van der Waals surface area contributed by atoms with Crippen molar-refractivity contribution in [2.45, 2.75) is 28.2 Å². The molecule has 1 heterocycles. The van der Waals surface area contributed by atoms with Crippen LogP contribution >= 0.6 is 11.3 Å². The van der Waals surface area contributed by atoms with E-state index in [1.165, 1.54) is 19.2 Å². The zero-order valence-electron chi connectivity index (χ0n) is 16.8. The van der Waals surface area contributed by atoms with Gasteiger partial charge in [-0.1, -0.05) is 36.4 Å². The molecule has 0 aliphatic rings. The highest BCUT2D eigenvalue weighted by Gasteiger charge is 2.32. The normalized spacial score (nSPS) is 13.2. The van der Waals surface area contributed by atoms with Crippen LogP contribution in [0.15, 0.2) is 69.1 Å². The van der Waals surface area contributed by atoms with Gasteiger partial charge in [0.1, 0.15) is 20.1 Å². The summed E-state index contributed by atoms with van der Waals surface area (Å²) in [6, 6.07) is 15.0. The van der Waals surface area contributed by atoms with E-state index in [0.29, 0.717) is 5.56 Å². The minimum absolute atomic E-state index is 0.0200. The second kappa shape index (κ2) is 8.89. The van der Waals surface area contributed by atoms with Crippen molar-refractivity contribution in [1.29, 1.82) is 0 Å². The first-order valence-electron chi connectivity index (χ1n) is 9.14. The van der Waals surface area contributed by atoms with Crippen LogP contribution < -0.4 is 9.46 Å². The van der Waals surface area contributed by atoms with E-state index >= 15 is 0 Å². The third-order valence-corrected chi connectivity index (χ3v) is 9.83. The molecule has 1 aromatic heterocycles. The van der Waals surface area contributed by atoms with E-state index in [-0.39, 0.29) is 21.4 Å². The van der Waals surface area contributed by atoms with Gasteiger partial charge in [-0.05, 0) is 54.1 Å². The number of benzene rings is 2. The number of methoxy groups -OCH3 is 1. The Morgan fingerprint density at radius 1 is 0.967 bits per heavy atom. The number of aryl methyl sites for hydroxylation is 2. The van der Waals surface area contributed by atoms with E-state index in [9.17, 15) is 16.8 Å². The van der Waals surface area contributed by atoms with Gasteiger partial charge >= 0.3 is 0 Å². The Morgan fingerprint density at radius 3 is 2.23 bits per heavy atom. The van der Waals surface area contributed by atoms with Crippen LogP contribution in [0.4, 0.5) is 0 Å². The summed E-state index contributed by atoms with van der Waals surface area (Å²) >= 11 is 1.11. The fourth-order valence-corrected chi connectivity index (χ4v) is 7.29. The standard InChI is InChI=1S/C21H23NO5S3/c1-15-12-18(27-3)19(13-16(15)2)30(25,26)22-14-20(17-8-5-4-6-9-17)29(23,24)21-10-7-11-28-21/h4-13,20,22H,14H2,1-3H3/t20-/m1/s1. The van der Waals surface area contributed by atoms with Crippen LogP contribution in [0.5, 0.6) is 5.75 Å². The van der Waals surface area contributed by atoms with Gasteiger partial charge < -0.3 is 4.74 Å². The molecular formula is C21H23NO5S3. The summed E-state index contributed by atoms with van der Waals surface area (Å²) in [5.41, 5.74) is 2.20. The summed E-state index contributed by atoms with van der Waals surface area (Å²) in [6.07, 6.45) is 0. The zero-order chi connectivity index (χ0) is 21.9. The van der Waals surface area contributed by atoms with Crippen molar-refractivity contribution in [3.63, 3.8) is 0 Å². The minimum Gasteiger partial charge on any atom is -0.495 e. The molecule has 1 N–H and O–H groups in total. The van der Waals surface area contributed by atoms with Gasteiger partial charge in [0.2, 0.25) is 10.0 Å². The van der Waals surface area contributed by atoms with Crippen LogP contribution in [0.1, 0.15) is 21.9 Å². The summed E-state index contributed by atoms with van der Waals surface area (Å²) in [7, 11) is -6.40. The van der Waals surface area contributed by atoms with Crippen LogP contribution in [0.2, 0.25) is 0 Å². The van der Waals surface area contributed by atoms with Crippen molar-refractivity contribution in [1.82, 2.24) is 4.72 Å². The zero-order valence-corrected chi connectivity index (χ0v) is 19.3. The maximum Gasteiger partial charge on any atom is 0.244 e. The molecule has 0 aliphatic heterocycles. The molecule has 0 bridgehead atoms. The SMILES string of the molecule is COc1cc(C)c(C)cc1S(=O)(=O)NC[C@H](c1ccccc1)S(=O)(=O)c1cccs1. The highest BCUT2D eigenvalue weighted by Crippen LogP contribution is 2.32. The fraction of sp³-hybridized carbons (Fsp3) is 0.238. The van der Waals surface area contributed by atoms with Gasteiger partial charge in [-0.2, -0.15) is 0 Å². The number of sulfone groups is 1. The molecule has 3 rings (SSSR count). The van der Waals surface area contributed by atoms with Crippen molar-refractivity contribution in [3.8, 4) is 5.75 Å². The van der Waals surface area contributed by atoms with Gasteiger partial charge in [0.25, 0.3) is 0 Å². The number of thiophene rings is 1. The summed E-state index contributed by atoms with van der Waals surface area (Å²) < 4.78 is 60.4. The molecular weight excluding hydrogens is 442 g/mol. The van der Waals surface area contributed by atoms with Gasteiger partial charge in [-0.25, -0.2) is 21.6 Å². The van der Waals surface area contributed by atoms with E-state index in [1.54, 1.807) is 47.8 Å². The highest BCUT2D eigenvalue weighted by molar-refractivity contribution is 7.93. The smallest absolute Gasteiger partial charge is 0.244 e. The van der Waals surface area contributed by atoms with Crippen molar-refractivity contribution in [2.24, 2.45) is 0 Å². The van der Waals surface area contributed by atoms with Gasteiger partial charge in [-0.3, -0.25) is 0 Å². The Hall–Kier alpha value is -2.20. The molecule has 2 aromatic carbocycles. The molecule has 1 atom stereocenters. The number of hydrogen-bond donors (Lipinski definition) is 1. The molecule has 0 amide bonds. The van der Waals surface area contributed by atoms with Crippen LogP contribution in [-0.2, 0) is 19.9 Å². The second-order valence-corrected chi connectivity index (χ2v) is 11.9. The van der Waals surface area contributed by atoms with Gasteiger partial charge in [0, 0.05) is 6.54 Å². The monoisotopic (exact) mass is 465 g/mol. The number of hydrogen-bond acceptors (Lipinski definition) is 6. The first-order valence-corrected chi connectivity index (χ1v) is 13.0. The molecule has 0 radical (unpaired) electrons. The number of ether oxygens (including phenoxy) is 1. The molecule has 9 heteroatoms. The van der Waals surface area contributed by atoms with E-state index in [4.69, 9.17) is 4.74 Å². The van der Waals surface area contributed by atoms with E-state index < -0.39 is 25.1 Å². The Labute approximate surface area is 181 Å². The third-order valence-electron chi connectivity index (χ3n) is 4.85. The van der Waals surface area contributed by atoms with Gasteiger partial charge in [0.05, 0.1) is 7.11 Å². The Morgan fingerprint density at radius 2 is 1.63 bits per heavy atom. The quantitative estimate of drug-likeness (QED) is 0.546. The fourth-order valence-electron chi connectivity index (χ4n) is 3.04. The largest absolute Gasteiger partial charge is 0.495 e. The van der Waals surface area contributed by atoms with E-state index in [2.05, 4.69) is 4.72 Å². The summed E-state index contributed by atoms with van der Waals surface area (Å²) in [5, 5.41) is 0.614. The van der Waals surface area contributed by atoms with Crippen LogP contribution in [0, 0.1) is 13.8 Å². The predicted molar refractivity (Wildman–Crippen MR) is 118 cm³/mol. The third kappa shape index (κ3) is 4.59. The number of rotatable bonds is 8. The predicted octanol–water partition coefficient (Wildman–Crippen LogP) is 3.87. The Bertz CT molecular complexity index is 1220.